The van der Waals surface area contributed by atoms with Crippen molar-refractivity contribution in [1.82, 2.24) is 19.1 Å². The van der Waals surface area contributed by atoms with E-state index in [0.717, 1.165) is 11.1 Å². The molecule has 0 unspecified atom stereocenters. The number of aryl methyl sites for hydroxylation is 2. The Kier molecular flexibility index (Phi) is 5.59. The number of nitrogens with one attached hydrogen (secondary N) is 1. The van der Waals surface area contributed by atoms with Crippen LogP contribution in [0.5, 0.6) is 11.5 Å². The molecule has 2 heterocycles. The Morgan fingerprint density at radius 3 is 2.58 bits per heavy atom. The van der Waals surface area contributed by atoms with Crippen LogP contribution >= 0.6 is 12.8 Å². The van der Waals surface area contributed by atoms with Gasteiger partial charge in [-0.1, -0.05) is 37.1 Å². The maximum absolute atomic E-state index is 12.7. The van der Waals surface area contributed by atoms with Crippen molar-refractivity contribution < 1.29 is 14.3 Å². The van der Waals surface area contributed by atoms with E-state index in [2.05, 4.69) is 28.2 Å². The monoisotopic (exact) mass is 433 g/mol. The quantitative estimate of drug-likeness (QED) is 0.460. The van der Waals surface area contributed by atoms with Crippen LogP contribution in [-0.2, 0) is 7.05 Å². The van der Waals surface area contributed by atoms with Crippen molar-refractivity contribution in [3.05, 3.63) is 78.1 Å². The number of hydrogen-bond donors (Lipinski definition) is 2. The molecule has 0 aliphatic heterocycles. The lowest BCUT2D eigenvalue weighted by Crippen LogP contribution is -2.32. The predicted molar refractivity (Wildman–Crippen MR) is 120 cm³/mol. The fraction of sp³-hybridized carbons (Fsp3) is 0.0909. The van der Waals surface area contributed by atoms with Crippen molar-refractivity contribution in [2.75, 3.05) is 5.32 Å². The number of imide groups is 1. The topological polar surface area (TPSA) is 89.4 Å². The zero-order valence-electron chi connectivity index (χ0n) is 16.8. The first-order chi connectivity index (χ1) is 14.9. The number of carbonyl (C=O) groups is 2. The van der Waals surface area contributed by atoms with Crippen molar-refractivity contribution in [3.8, 4) is 11.5 Å². The molecular weight excluding hydrogens is 414 g/mol. The SMILES string of the molecule is Cc1nn(C)c2ncc(C(=O)N(S)C(=O)Nc3cccc(Oc4ccccc4)c3)cc12. The van der Waals surface area contributed by atoms with Gasteiger partial charge in [-0.05, 0) is 37.3 Å². The largest absolute Gasteiger partial charge is 0.457 e. The smallest absolute Gasteiger partial charge is 0.338 e. The van der Waals surface area contributed by atoms with Gasteiger partial charge in [0.2, 0.25) is 0 Å². The van der Waals surface area contributed by atoms with Crippen LogP contribution in [0, 0.1) is 6.92 Å². The highest BCUT2D eigenvalue weighted by Crippen LogP contribution is 2.24. The number of aromatic nitrogens is 3. The van der Waals surface area contributed by atoms with Crippen LogP contribution in [0.3, 0.4) is 0 Å². The molecule has 31 heavy (non-hydrogen) atoms. The van der Waals surface area contributed by atoms with E-state index in [1.54, 1.807) is 42.1 Å². The van der Waals surface area contributed by atoms with Gasteiger partial charge in [-0.25, -0.2) is 14.1 Å². The normalized spacial score (nSPS) is 10.7. The van der Waals surface area contributed by atoms with Crippen LogP contribution < -0.4 is 10.1 Å². The molecule has 1 N–H and O–H groups in total. The van der Waals surface area contributed by atoms with Crippen molar-refractivity contribution in [3.63, 3.8) is 0 Å². The van der Waals surface area contributed by atoms with Crippen molar-refractivity contribution in [1.29, 1.82) is 0 Å². The molecule has 0 spiro atoms. The molecule has 0 atom stereocenters. The lowest BCUT2D eigenvalue weighted by atomic mass is 10.2. The second-order valence-corrected chi connectivity index (χ2v) is 7.19. The number of carbonyl (C=O) groups excluding carboxylic acids is 2. The number of benzene rings is 2. The predicted octanol–water partition coefficient (Wildman–Crippen LogP) is 4.59. The third kappa shape index (κ3) is 4.36. The first kappa shape index (κ1) is 20.4. The third-order valence-electron chi connectivity index (χ3n) is 4.56. The van der Waals surface area contributed by atoms with Crippen molar-refractivity contribution in [2.45, 2.75) is 6.92 Å². The maximum Gasteiger partial charge on any atom is 0.338 e. The number of fused-ring (bicyclic) bond motifs is 1. The van der Waals surface area contributed by atoms with Gasteiger partial charge in [0.1, 0.15) is 11.5 Å². The Labute approximate surface area is 184 Å². The fourth-order valence-corrected chi connectivity index (χ4v) is 3.24. The summed E-state index contributed by atoms with van der Waals surface area (Å²) in [6.45, 7) is 1.83. The molecule has 4 aromatic rings. The lowest BCUT2D eigenvalue weighted by Gasteiger charge is -2.15. The third-order valence-corrected chi connectivity index (χ3v) is 4.92. The van der Waals surface area contributed by atoms with E-state index in [1.165, 1.54) is 6.20 Å². The van der Waals surface area contributed by atoms with E-state index in [0.29, 0.717) is 27.1 Å². The zero-order valence-corrected chi connectivity index (χ0v) is 17.7. The van der Waals surface area contributed by atoms with Gasteiger partial charge in [0, 0.05) is 30.4 Å². The van der Waals surface area contributed by atoms with Crippen LogP contribution in [0.2, 0.25) is 0 Å². The second-order valence-electron chi connectivity index (χ2n) is 6.79. The summed E-state index contributed by atoms with van der Waals surface area (Å²) >= 11 is 4.08. The Morgan fingerprint density at radius 1 is 1.06 bits per heavy atom. The molecule has 8 nitrogen and oxygen atoms in total. The lowest BCUT2D eigenvalue weighted by molar-refractivity contribution is 0.0901. The molecule has 156 valence electrons. The van der Waals surface area contributed by atoms with E-state index in [4.69, 9.17) is 4.74 Å². The summed E-state index contributed by atoms with van der Waals surface area (Å²) in [5.41, 5.74) is 2.08. The molecule has 2 aromatic carbocycles. The average molecular weight is 433 g/mol. The van der Waals surface area contributed by atoms with Crippen molar-refractivity contribution in [2.24, 2.45) is 7.05 Å². The molecule has 0 aliphatic carbocycles. The average Bonchev–Trinajstić information content (AvgIpc) is 3.06. The standard InChI is InChI=1S/C22H19N5O3S/c1-14-19-11-15(13-23-20(19)26(2)25-14)21(28)27(31)22(29)24-16-7-6-10-18(12-16)30-17-8-4-3-5-9-17/h3-13,31H,1-2H3,(H,24,29). The second kappa shape index (κ2) is 8.49. The number of amides is 3. The number of nitrogens with zero attached hydrogens (tertiary/aromatic N) is 4. The number of ether oxygens (including phenoxy) is 1. The first-order valence-corrected chi connectivity index (χ1v) is 9.79. The minimum atomic E-state index is -0.701. The summed E-state index contributed by atoms with van der Waals surface area (Å²) in [6, 6.07) is 17.1. The Hall–Kier alpha value is -3.85. The Morgan fingerprint density at radius 2 is 1.81 bits per heavy atom. The Balaban J connectivity index is 1.48. The minimum Gasteiger partial charge on any atom is -0.457 e. The number of urea groups is 1. The van der Waals surface area contributed by atoms with Gasteiger partial charge in [-0.3, -0.25) is 9.48 Å². The van der Waals surface area contributed by atoms with E-state index in [-0.39, 0.29) is 5.56 Å². The first-order valence-electron chi connectivity index (χ1n) is 9.39. The number of para-hydroxylation sites is 1. The molecule has 3 amide bonds. The van der Waals surface area contributed by atoms with Crippen LogP contribution in [0.1, 0.15) is 16.1 Å². The summed E-state index contributed by atoms with van der Waals surface area (Å²) in [6.07, 6.45) is 1.40. The summed E-state index contributed by atoms with van der Waals surface area (Å²) in [7, 11) is 1.78. The summed E-state index contributed by atoms with van der Waals surface area (Å²) in [5, 5.41) is 7.67. The highest BCUT2D eigenvalue weighted by molar-refractivity contribution is 7.79. The van der Waals surface area contributed by atoms with E-state index in [1.807, 2.05) is 37.3 Å². The number of pyridine rings is 1. The summed E-state index contributed by atoms with van der Waals surface area (Å²) in [4.78, 5) is 29.6. The van der Waals surface area contributed by atoms with Gasteiger partial charge in [0.25, 0.3) is 5.91 Å². The van der Waals surface area contributed by atoms with Gasteiger partial charge in [-0.2, -0.15) is 5.10 Å². The summed E-state index contributed by atoms with van der Waals surface area (Å²) < 4.78 is 8.11. The summed E-state index contributed by atoms with van der Waals surface area (Å²) in [5.74, 6) is 0.614. The molecular formula is C22H19N5O3S. The fourth-order valence-electron chi connectivity index (χ4n) is 3.08. The van der Waals surface area contributed by atoms with Gasteiger partial charge < -0.3 is 10.1 Å². The van der Waals surface area contributed by atoms with Gasteiger partial charge in [-0.15, -0.1) is 0 Å². The number of rotatable bonds is 4. The molecule has 0 aliphatic rings. The van der Waals surface area contributed by atoms with Crippen LogP contribution in [0.15, 0.2) is 66.9 Å². The van der Waals surface area contributed by atoms with E-state index in [9.17, 15) is 9.59 Å². The van der Waals surface area contributed by atoms with E-state index < -0.39 is 11.9 Å². The van der Waals surface area contributed by atoms with Crippen LogP contribution in [0.25, 0.3) is 11.0 Å². The maximum atomic E-state index is 12.7. The van der Waals surface area contributed by atoms with Crippen LogP contribution in [0.4, 0.5) is 10.5 Å². The van der Waals surface area contributed by atoms with Gasteiger partial charge in [0.15, 0.2) is 5.65 Å². The van der Waals surface area contributed by atoms with E-state index >= 15 is 0 Å². The molecule has 0 fully saturated rings. The molecule has 4 rings (SSSR count). The highest BCUT2D eigenvalue weighted by atomic mass is 32.1. The Bertz CT molecular complexity index is 1270. The van der Waals surface area contributed by atoms with Gasteiger partial charge in [0.05, 0.1) is 11.3 Å². The number of anilines is 1. The number of thiol groups is 1. The molecule has 0 saturated carbocycles. The zero-order chi connectivity index (χ0) is 22.0. The molecule has 0 radical (unpaired) electrons. The molecule has 9 heteroatoms. The highest BCUT2D eigenvalue weighted by Gasteiger charge is 2.22. The van der Waals surface area contributed by atoms with Crippen LogP contribution in [-0.4, -0.2) is 31.0 Å². The minimum absolute atomic E-state index is 0.231. The van der Waals surface area contributed by atoms with Crippen molar-refractivity contribution >= 4 is 41.5 Å². The number of hydrogen-bond acceptors (Lipinski definition) is 6. The molecule has 0 saturated heterocycles. The molecule has 2 aromatic heterocycles. The van der Waals surface area contributed by atoms with Gasteiger partial charge >= 0.3 is 6.03 Å². The molecule has 0 bridgehead atoms.